The lowest BCUT2D eigenvalue weighted by Gasteiger charge is -2.21. The molecule has 0 aliphatic carbocycles. The van der Waals surface area contributed by atoms with Crippen LogP contribution in [0.3, 0.4) is 0 Å². The lowest BCUT2D eigenvalue weighted by atomic mass is 9.98. The molecule has 1 unspecified atom stereocenters. The predicted octanol–water partition coefficient (Wildman–Crippen LogP) is 3.27. The molecule has 88 valence electrons. The second-order valence-electron chi connectivity index (χ2n) is 4.83. The molecule has 0 N–H and O–H groups in total. The average molecular weight is 230 g/mol. The van der Waals surface area contributed by atoms with Gasteiger partial charge in [0.25, 0.3) is 0 Å². The molecular formula is C14H15FN2. The molecule has 0 radical (unpaired) electrons. The lowest BCUT2D eigenvalue weighted by molar-refractivity contribution is 0.419. The van der Waals surface area contributed by atoms with Crippen molar-refractivity contribution in [1.29, 1.82) is 0 Å². The van der Waals surface area contributed by atoms with Crippen molar-refractivity contribution in [3.05, 3.63) is 42.0 Å². The van der Waals surface area contributed by atoms with Gasteiger partial charge in [-0.1, -0.05) is 6.92 Å². The molecule has 0 fully saturated rings. The highest BCUT2D eigenvalue weighted by Crippen LogP contribution is 2.26. The zero-order valence-corrected chi connectivity index (χ0v) is 9.86. The number of hydrogen-bond acceptors (Lipinski definition) is 1. The first-order chi connectivity index (χ1) is 8.24. The Labute approximate surface area is 100 Å². The van der Waals surface area contributed by atoms with E-state index >= 15 is 0 Å². The lowest BCUT2D eigenvalue weighted by Crippen LogP contribution is -2.17. The van der Waals surface area contributed by atoms with E-state index in [4.69, 9.17) is 0 Å². The Morgan fingerprint density at radius 3 is 2.82 bits per heavy atom. The molecule has 17 heavy (non-hydrogen) atoms. The van der Waals surface area contributed by atoms with E-state index in [-0.39, 0.29) is 5.82 Å². The van der Waals surface area contributed by atoms with E-state index < -0.39 is 0 Å². The van der Waals surface area contributed by atoms with Gasteiger partial charge >= 0.3 is 0 Å². The Hall–Kier alpha value is -1.64. The van der Waals surface area contributed by atoms with E-state index in [9.17, 15) is 4.39 Å². The summed E-state index contributed by atoms with van der Waals surface area (Å²) in [6, 6.07) is 6.57. The minimum absolute atomic E-state index is 0.201. The molecule has 2 aromatic rings. The number of imidazole rings is 1. The van der Waals surface area contributed by atoms with Gasteiger partial charge in [0.05, 0.1) is 0 Å². The molecule has 1 aliphatic heterocycles. The van der Waals surface area contributed by atoms with Crippen LogP contribution in [0.25, 0.3) is 11.4 Å². The first-order valence-corrected chi connectivity index (χ1v) is 6.04. The van der Waals surface area contributed by atoms with Gasteiger partial charge in [-0.25, -0.2) is 9.37 Å². The third-order valence-corrected chi connectivity index (χ3v) is 3.44. The second-order valence-corrected chi connectivity index (χ2v) is 4.83. The number of hydrogen-bond donors (Lipinski definition) is 0. The largest absolute Gasteiger partial charge is 0.328 e. The fraction of sp³-hybridized carbons (Fsp3) is 0.357. The van der Waals surface area contributed by atoms with Gasteiger partial charge in [-0.05, 0) is 43.0 Å². The van der Waals surface area contributed by atoms with E-state index in [1.807, 2.05) is 6.20 Å². The Morgan fingerprint density at radius 1 is 1.29 bits per heavy atom. The molecule has 1 aromatic heterocycles. The van der Waals surface area contributed by atoms with Crippen LogP contribution in [0.4, 0.5) is 4.39 Å². The summed E-state index contributed by atoms with van der Waals surface area (Å²) < 4.78 is 15.1. The van der Waals surface area contributed by atoms with Crippen molar-refractivity contribution in [2.75, 3.05) is 0 Å². The molecular weight excluding hydrogens is 215 g/mol. The maximum atomic E-state index is 12.9. The molecule has 1 aliphatic rings. The van der Waals surface area contributed by atoms with E-state index in [2.05, 4.69) is 16.5 Å². The molecule has 2 nitrogen and oxygen atoms in total. The number of rotatable bonds is 1. The number of aromatic nitrogens is 2. The Kier molecular flexibility index (Phi) is 2.46. The minimum atomic E-state index is -0.201. The molecule has 1 atom stereocenters. The Bertz CT molecular complexity index is 528. The molecule has 3 rings (SSSR count). The van der Waals surface area contributed by atoms with Gasteiger partial charge in [-0.15, -0.1) is 0 Å². The van der Waals surface area contributed by atoms with Crippen LogP contribution >= 0.6 is 0 Å². The zero-order chi connectivity index (χ0) is 11.8. The van der Waals surface area contributed by atoms with Crippen molar-refractivity contribution < 1.29 is 4.39 Å². The molecule has 0 bridgehead atoms. The van der Waals surface area contributed by atoms with Crippen LogP contribution in [0, 0.1) is 11.7 Å². The van der Waals surface area contributed by atoms with Gasteiger partial charge in [0.1, 0.15) is 11.6 Å². The molecule has 0 amide bonds. The summed E-state index contributed by atoms with van der Waals surface area (Å²) in [4.78, 5) is 4.47. The van der Waals surface area contributed by atoms with Crippen LogP contribution in [0.15, 0.2) is 30.5 Å². The molecule has 0 spiro atoms. The fourth-order valence-corrected chi connectivity index (χ4v) is 2.46. The summed E-state index contributed by atoms with van der Waals surface area (Å²) in [5.41, 5.74) is 2.29. The topological polar surface area (TPSA) is 17.8 Å². The van der Waals surface area contributed by atoms with E-state index in [1.165, 1.54) is 24.2 Å². The summed E-state index contributed by atoms with van der Waals surface area (Å²) in [7, 11) is 0. The van der Waals surface area contributed by atoms with Crippen LogP contribution in [0.1, 0.15) is 19.0 Å². The number of halogens is 1. The maximum absolute atomic E-state index is 12.9. The number of benzene rings is 1. The van der Waals surface area contributed by atoms with Gasteiger partial charge in [0.15, 0.2) is 0 Å². The highest BCUT2D eigenvalue weighted by Gasteiger charge is 2.19. The maximum Gasteiger partial charge on any atom is 0.140 e. The smallest absolute Gasteiger partial charge is 0.140 e. The molecule has 2 heterocycles. The SMILES string of the molecule is CC1CCn2c(cnc2-c2ccc(F)cc2)C1. The summed E-state index contributed by atoms with van der Waals surface area (Å²) in [6.45, 7) is 3.29. The second kappa shape index (κ2) is 3.99. The average Bonchev–Trinajstić information content (AvgIpc) is 2.73. The Balaban J connectivity index is 2.02. The minimum Gasteiger partial charge on any atom is -0.328 e. The summed E-state index contributed by atoms with van der Waals surface area (Å²) in [5.74, 6) is 1.50. The number of nitrogens with zero attached hydrogens (tertiary/aromatic N) is 2. The zero-order valence-electron chi connectivity index (χ0n) is 9.86. The molecule has 0 saturated carbocycles. The third-order valence-electron chi connectivity index (χ3n) is 3.44. The first kappa shape index (κ1) is 10.5. The van der Waals surface area contributed by atoms with Crippen LogP contribution in [0.2, 0.25) is 0 Å². The molecule has 0 saturated heterocycles. The quantitative estimate of drug-likeness (QED) is 0.735. The summed E-state index contributed by atoms with van der Waals surface area (Å²) in [6.07, 6.45) is 4.24. The number of fused-ring (bicyclic) bond motifs is 1. The van der Waals surface area contributed by atoms with Crippen molar-refractivity contribution in [2.45, 2.75) is 26.3 Å². The van der Waals surface area contributed by atoms with E-state index in [0.717, 1.165) is 30.3 Å². The van der Waals surface area contributed by atoms with Crippen LogP contribution in [-0.2, 0) is 13.0 Å². The van der Waals surface area contributed by atoms with E-state index in [0.29, 0.717) is 0 Å². The van der Waals surface area contributed by atoms with Crippen molar-refractivity contribution in [1.82, 2.24) is 9.55 Å². The third kappa shape index (κ3) is 1.86. The fourth-order valence-electron chi connectivity index (χ4n) is 2.46. The predicted molar refractivity (Wildman–Crippen MR) is 65.1 cm³/mol. The van der Waals surface area contributed by atoms with Crippen LogP contribution in [0.5, 0.6) is 0 Å². The summed E-state index contributed by atoms with van der Waals surface area (Å²) in [5, 5.41) is 0. The van der Waals surface area contributed by atoms with Crippen molar-refractivity contribution >= 4 is 0 Å². The first-order valence-electron chi connectivity index (χ1n) is 6.04. The highest BCUT2D eigenvalue weighted by atomic mass is 19.1. The summed E-state index contributed by atoms with van der Waals surface area (Å²) >= 11 is 0. The normalized spacial score (nSPS) is 19.1. The van der Waals surface area contributed by atoms with Crippen LogP contribution in [-0.4, -0.2) is 9.55 Å². The van der Waals surface area contributed by atoms with Crippen molar-refractivity contribution in [3.63, 3.8) is 0 Å². The molecule has 3 heteroatoms. The van der Waals surface area contributed by atoms with Gasteiger partial charge < -0.3 is 4.57 Å². The Morgan fingerprint density at radius 2 is 2.06 bits per heavy atom. The standard InChI is InChI=1S/C14H15FN2/c1-10-6-7-17-13(8-10)9-16-14(17)11-2-4-12(15)5-3-11/h2-5,9-10H,6-8H2,1H3. The van der Waals surface area contributed by atoms with Gasteiger partial charge in [0.2, 0.25) is 0 Å². The monoisotopic (exact) mass is 230 g/mol. The van der Waals surface area contributed by atoms with Crippen molar-refractivity contribution in [3.8, 4) is 11.4 Å². The van der Waals surface area contributed by atoms with Crippen molar-refractivity contribution in [2.24, 2.45) is 5.92 Å². The molecule has 1 aromatic carbocycles. The van der Waals surface area contributed by atoms with Gasteiger partial charge in [-0.3, -0.25) is 0 Å². The van der Waals surface area contributed by atoms with Gasteiger partial charge in [-0.2, -0.15) is 0 Å². The van der Waals surface area contributed by atoms with E-state index in [1.54, 1.807) is 12.1 Å². The van der Waals surface area contributed by atoms with Crippen LogP contribution < -0.4 is 0 Å². The van der Waals surface area contributed by atoms with Gasteiger partial charge in [0, 0.05) is 24.0 Å². The highest BCUT2D eigenvalue weighted by molar-refractivity contribution is 5.56.